The van der Waals surface area contributed by atoms with Gasteiger partial charge in [0.1, 0.15) is 12.1 Å². The molecule has 0 fully saturated rings. The highest BCUT2D eigenvalue weighted by atomic mass is 32.2. The number of nitrogens with one attached hydrogen (secondary N) is 1. The molecule has 10 nitrogen and oxygen atoms in total. The second-order valence-electron chi connectivity index (χ2n) is 10.2. The summed E-state index contributed by atoms with van der Waals surface area (Å²) >= 11 is 1.41. The van der Waals surface area contributed by atoms with Gasteiger partial charge in [0, 0.05) is 11.3 Å². The average Bonchev–Trinajstić information content (AvgIpc) is 3.51. The molecule has 0 aliphatic carbocycles. The lowest BCUT2D eigenvalue weighted by Gasteiger charge is -2.09. The largest absolute Gasteiger partial charge is 0.573 e. The lowest BCUT2D eigenvalue weighted by atomic mass is 10.1. The number of primary sulfonamides is 1. The molecule has 0 saturated heterocycles. The summed E-state index contributed by atoms with van der Waals surface area (Å²) in [7, 11) is -3.78. The third-order valence-corrected chi connectivity index (χ3v) is 8.51. The molecule has 0 radical (unpaired) electrons. The highest BCUT2D eigenvalue weighted by molar-refractivity contribution is 8.13. The molecule has 1 heterocycles. The van der Waals surface area contributed by atoms with Crippen molar-refractivity contribution in [3.63, 3.8) is 0 Å². The Hall–Kier alpha value is -4.99. The highest BCUT2D eigenvalue weighted by Crippen LogP contribution is 2.26. The van der Waals surface area contributed by atoms with Crippen LogP contribution < -0.4 is 15.3 Å². The van der Waals surface area contributed by atoms with E-state index in [9.17, 15) is 21.6 Å². The predicted molar refractivity (Wildman–Crippen MR) is 176 cm³/mol. The van der Waals surface area contributed by atoms with Crippen LogP contribution in [0, 0.1) is 13.8 Å². The summed E-state index contributed by atoms with van der Waals surface area (Å²) in [5.74, 6) is 0.600. The van der Waals surface area contributed by atoms with Gasteiger partial charge in [0.2, 0.25) is 10.0 Å². The fraction of sp³-hybridized carbons (Fsp3) is 0.125. The molecule has 5 rings (SSSR count). The molecule has 47 heavy (non-hydrogen) atoms. The predicted octanol–water partition coefficient (Wildman–Crippen LogP) is 6.64. The Balaban J connectivity index is 1.26. The van der Waals surface area contributed by atoms with Gasteiger partial charge in [-0.2, -0.15) is 5.10 Å². The van der Waals surface area contributed by atoms with Crippen molar-refractivity contribution in [2.24, 2.45) is 15.2 Å². The molecule has 0 unspecified atom stereocenters. The minimum atomic E-state index is -4.77. The zero-order valence-corrected chi connectivity index (χ0v) is 26.6. The summed E-state index contributed by atoms with van der Waals surface area (Å²) in [6.45, 7) is 3.96. The maximum Gasteiger partial charge on any atom is 0.573 e. The third kappa shape index (κ3) is 9.28. The van der Waals surface area contributed by atoms with Gasteiger partial charge >= 0.3 is 6.36 Å². The van der Waals surface area contributed by atoms with Gasteiger partial charge in [-0.1, -0.05) is 66.4 Å². The lowest BCUT2D eigenvalue weighted by molar-refractivity contribution is -0.274. The van der Waals surface area contributed by atoms with Crippen LogP contribution in [0.5, 0.6) is 5.75 Å². The molecule has 3 N–H and O–H groups in total. The number of aromatic nitrogens is 3. The van der Waals surface area contributed by atoms with Crippen LogP contribution in [-0.2, 0) is 15.8 Å². The summed E-state index contributed by atoms with van der Waals surface area (Å²) in [4.78, 5) is 9.18. The number of sulfonamides is 1. The average molecular weight is 680 g/mol. The number of aliphatic imine (C=N–C) groups is 1. The van der Waals surface area contributed by atoms with Crippen LogP contribution >= 0.6 is 11.8 Å². The number of benzene rings is 4. The summed E-state index contributed by atoms with van der Waals surface area (Å²) < 4.78 is 65.9. The van der Waals surface area contributed by atoms with E-state index >= 15 is 0 Å². The van der Waals surface area contributed by atoms with E-state index in [0.717, 1.165) is 33.5 Å². The van der Waals surface area contributed by atoms with Gasteiger partial charge in [-0.05, 0) is 72.5 Å². The number of ether oxygens (including phenoxy) is 1. The second-order valence-corrected chi connectivity index (χ2v) is 12.7. The number of nitrogens with zero attached hydrogens (tertiary/aromatic N) is 5. The molecular weight excluding hydrogens is 652 g/mol. The third-order valence-electron chi connectivity index (χ3n) is 6.65. The van der Waals surface area contributed by atoms with E-state index in [1.54, 1.807) is 18.3 Å². The van der Waals surface area contributed by atoms with Crippen LogP contribution in [-0.4, -0.2) is 40.9 Å². The van der Waals surface area contributed by atoms with E-state index in [-0.39, 0.29) is 10.6 Å². The zero-order valence-electron chi connectivity index (χ0n) is 25.0. The molecule has 0 bridgehead atoms. The molecule has 0 atom stereocenters. The number of hydrogen-bond acceptors (Lipinski definition) is 8. The van der Waals surface area contributed by atoms with Crippen molar-refractivity contribution in [2.75, 3.05) is 0 Å². The Labute approximate surface area is 273 Å². The van der Waals surface area contributed by atoms with Gasteiger partial charge in [0.05, 0.1) is 22.5 Å². The van der Waals surface area contributed by atoms with Crippen molar-refractivity contribution < 1.29 is 26.3 Å². The first-order valence-corrected chi connectivity index (χ1v) is 16.4. The molecule has 0 saturated carbocycles. The summed E-state index contributed by atoms with van der Waals surface area (Å²) in [6, 6.07) is 24.9. The lowest BCUT2D eigenvalue weighted by Crippen LogP contribution is -2.17. The smallest absolute Gasteiger partial charge is 0.406 e. The Morgan fingerprint density at radius 1 is 0.979 bits per heavy atom. The van der Waals surface area contributed by atoms with Gasteiger partial charge < -0.3 is 4.74 Å². The second kappa shape index (κ2) is 14.2. The minimum Gasteiger partial charge on any atom is -0.406 e. The topological polar surface area (TPSA) is 137 Å². The quantitative estimate of drug-likeness (QED) is 0.101. The van der Waals surface area contributed by atoms with Crippen molar-refractivity contribution in [1.82, 2.24) is 20.2 Å². The van der Waals surface area contributed by atoms with E-state index in [2.05, 4.69) is 25.3 Å². The minimum absolute atomic E-state index is 0.0432. The van der Waals surface area contributed by atoms with Crippen LogP contribution in [0.25, 0.3) is 17.1 Å². The van der Waals surface area contributed by atoms with E-state index in [1.165, 1.54) is 59.2 Å². The first-order chi connectivity index (χ1) is 22.3. The van der Waals surface area contributed by atoms with Gasteiger partial charge in [-0.15, -0.1) is 18.3 Å². The van der Waals surface area contributed by atoms with Gasteiger partial charge in [-0.3, -0.25) is 5.43 Å². The molecule has 1 aromatic heterocycles. The van der Waals surface area contributed by atoms with Crippen LogP contribution in [0.15, 0.2) is 112 Å². The first-order valence-electron chi connectivity index (χ1n) is 13.9. The first kappa shape index (κ1) is 33.4. The molecular formula is C32H28F3N7O3S2. The Bertz CT molecular complexity index is 1990. The van der Waals surface area contributed by atoms with Crippen LogP contribution in [0.4, 0.5) is 18.9 Å². The van der Waals surface area contributed by atoms with Crippen molar-refractivity contribution in [3.05, 3.63) is 120 Å². The Morgan fingerprint density at radius 3 is 2.26 bits per heavy atom. The number of thioether (sulfide) groups is 1. The summed E-state index contributed by atoms with van der Waals surface area (Å²) in [5.41, 5.74) is 8.77. The van der Waals surface area contributed by atoms with Crippen molar-refractivity contribution in [3.8, 4) is 22.8 Å². The van der Waals surface area contributed by atoms with E-state index in [0.29, 0.717) is 22.4 Å². The normalized spacial score (nSPS) is 12.4. The van der Waals surface area contributed by atoms with Crippen LogP contribution in [0.1, 0.15) is 22.3 Å². The number of nitrogens with two attached hydrogens (primary N) is 1. The number of hydrogen-bond donors (Lipinski definition) is 2. The Kier molecular flexibility index (Phi) is 10.1. The number of aryl methyl sites for hydroxylation is 2. The summed E-state index contributed by atoms with van der Waals surface area (Å²) in [6.07, 6.45) is -1.65. The standard InChI is InChI=1S/C32H28F3N7O3S2/c1-21-4-3-5-22(2)29(21)39-31(46-19-24-8-16-28(17-9-24)47(36,43)44)40-38-18-23-6-10-25(11-7-23)30-37-20-42(41-30)26-12-14-27(15-13-26)45-32(33,34)35/h3-18,20H,19H2,1-2H3,(H,39,40)(H2,36,43,44)/b38-18-. The van der Waals surface area contributed by atoms with Gasteiger partial charge in [0.15, 0.2) is 11.0 Å². The molecule has 15 heteroatoms. The fourth-order valence-corrected chi connectivity index (χ4v) is 5.59. The molecule has 0 amide bonds. The number of alkyl halides is 3. The monoisotopic (exact) mass is 679 g/mol. The molecule has 5 aromatic rings. The molecule has 0 spiro atoms. The van der Waals surface area contributed by atoms with Crippen LogP contribution in [0.3, 0.4) is 0 Å². The van der Waals surface area contributed by atoms with Crippen molar-refractivity contribution in [2.45, 2.75) is 30.9 Å². The molecule has 4 aromatic carbocycles. The van der Waals surface area contributed by atoms with E-state index < -0.39 is 16.4 Å². The van der Waals surface area contributed by atoms with Gasteiger partial charge in [0.25, 0.3) is 0 Å². The number of para-hydroxylation sites is 1. The fourth-order valence-electron chi connectivity index (χ4n) is 4.30. The van der Waals surface area contributed by atoms with E-state index in [1.807, 2.05) is 56.3 Å². The number of halogens is 3. The van der Waals surface area contributed by atoms with E-state index in [4.69, 9.17) is 10.1 Å². The van der Waals surface area contributed by atoms with Gasteiger partial charge in [-0.25, -0.2) is 28.2 Å². The zero-order chi connectivity index (χ0) is 33.6. The SMILES string of the molecule is Cc1cccc(C)c1N=C(N/N=C\c1ccc(-c2ncn(-c3ccc(OC(F)(F)F)cc3)n2)cc1)SCc1ccc(S(N)(=O)=O)cc1. The van der Waals surface area contributed by atoms with Crippen molar-refractivity contribution in [1.29, 1.82) is 0 Å². The maximum atomic E-state index is 12.4. The number of hydrazone groups is 1. The van der Waals surface area contributed by atoms with Crippen molar-refractivity contribution >= 4 is 38.9 Å². The molecule has 242 valence electrons. The van der Waals surface area contributed by atoms with Crippen LogP contribution in [0.2, 0.25) is 0 Å². The highest BCUT2D eigenvalue weighted by Gasteiger charge is 2.31. The number of rotatable bonds is 9. The molecule has 0 aliphatic heterocycles. The number of amidine groups is 1. The Morgan fingerprint density at radius 2 is 1.64 bits per heavy atom. The molecule has 0 aliphatic rings. The maximum absolute atomic E-state index is 12.4. The summed E-state index contributed by atoms with van der Waals surface area (Å²) in [5, 5.41) is 14.6.